The fourth-order valence-electron chi connectivity index (χ4n) is 1.27. The van der Waals surface area contributed by atoms with E-state index in [9.17, 15) is 4.79 Å². The van der Waals surface area contributed by atoms with Crippen LogP contribution in [0.4, 0.5) is 5.82 Å². The molecule has 1 amide bonds. The van der Waals surface area contributed by atoms with Gasteiger partial charge in [0, 0.05) is 17.8 Å². The molecule has 1 heterocycles. The van der Waals surface area contributed by atoms with Gasteiger partial charge in [-0.25, -0.2) is 4.98 Å². The standard InChI is InChI=1S/C12H19N3O/c1-8-5-9(6-10(13)15-8)11(16)14-7-12(2,3)4/h5-6H,7H2,1-4H3,(H2,13,15)(H,14,16). The minimum atomic E-state index is -0.105. The number of aromatic nitrogens is 1. The van der Waals surface area contributed by atoms with Crippen LogP contribution in [-0.4, -0.2) is 17.4 Å². The summed E-state index contributed by atoms with van der Waals surface area (Å²) in [6, 6.07) is 3.32. The lowest BCUT2D eigenvalue weighted by Crippen LogP contribution is -2.32. The van der Waals surface area contributed by atoms with Crippen LogP contribution in [0.2, 0.25) is 0 Å². The Kier molecular flexibility index (Phi) is 3.52. The summed E-state index contributed by atoms with van der Waals surface area (Å²) >= 11 is 0. The average Bonchev–Trinajstić information content (AvgIpc) is 2.11. The van der Waals surface area contributed by atoms with Gasteiger partial charge in [0.1, 0.15) is 5.82 Å². The van der Waals surface area contributed by atoms with Crippen LogP contribution >= 0.6 is 0 Å². The number of pyridine rings is 1. The first-order chi connectivity index (χ1) is 7.28. The molecular formula is C12H19N3O. The number of carbonyl (C=O) groups excluding carboxylic acids is 1. The van der Waals surface area contributed by atoms with Gasteiger partial charge in [-0.2, -0.15) is 0 Å². The second-order valence-corrected chi connectivity index (χ2v) is 5.17. The van der Waals surface area contributed by atoms with Gasteiger partial charge < -0.3 is 11.1 Å². The van der Waals surface area contributed by atoms with Crippen LogP contribution in [0.15, 0.2) is 12.1 Å². The highest BCUT2D eigenvalue weighted by molar-refractivity contribution is 5.94. The zero-order chi connectivity index (χ0) is 12.3. The number of hydrogen-bond donors (Lipinski definition) is 2. The third kappa shape index (κ3) is 3.88. The molecule has 0 spiro atoms. The topological polar surface area (TPSA) is 68.0 Å². The Morgan fingerprint density at radius 2 is 2.06 bits per heavy atom. The highest BCUT2D eigenvalue weighted by Gasteiger charge is 2.13. The van der Waals surface area contributed by atoms with E-state index in [1.165, 1.54) is 0 Å². The van der Waals surface area contributed by atoms with Gasteiger partial charge in [-0.15, -0.1) is 0 Å². The monoisotopic (exact) mass is 221 g/mol. The van der Waals surface area contributed by atoms with Crippen molar-refractivity contribution < 1.29 is 4.79 Å². The number of aryl methyl sites for hydroxylation is 1. The molecule has 1 aromatic heterocycles. The smallest absolute Gasteiger partial charge is 0.251 e. The molecule has 4 heteroatoms. The van der Waals surface area contributed by atoms with E-state index in [4.69, 9.17) is 5.73 Å². The zero-order valence-electron chi connectivity index (χ0n) is 10.3. The number of amides is 1. The minimum Gasteiger partial charge on any atom is -0.384 e. The van der Waals surface area contributed by atoms with E-state index in [1.54, 1.807) is 12.1 Å². The molecule has 0 bridgehead atoms. The van der Waals surface area contributed by atoms with E-state index in [2.05, 4.69) is 31.1 Å². The van der Waals surface area contributed by atoms with Gasteiger partial charge in [0.15, 0.2) is 0 Å². The van der Waals surface area contributed by atoms with Crippen molar-refractivity contribution in [2.24, 2.45) is 5.41 Å². The Morgan fingerprint density at radius 3 is 2.56 bits per heavy atom. The fourth-order valence-corrected chi connectivity index (χ4v) is 1.27. The Morgan fingerprint density at radius 1 is 1.44 bits per heavy atom. The molecule has 16 heavy (non-hydrogen) atoms. The van der Waals surface area contributed by atoms with Crippen molar-refractivity contribution in [2.75, 3.05) is 12.3 Å². The van der Waals surface area contributed by atoms with Gasteiger partial charge in [0.2, 0.25) is 0 Å². The van der Waals surface area contributed by atoms with Crippen LogP contribution in [0, 0.1) is 12.3 Å². The molecule has 88 valence electrons. The summed E-state index contributed by atoms with van der Waals surface area (Å²) in [5.41, 5.74) is 6.98. The van der Waals surface area contributed by atoms with Gasteiger partial charge >= 0.3 is 0 Å². The molecule has 0 saturated carbocycles. The molecule has 0 aliphatic carbocycles. The van der Waals surface area contributed by atoms with E-state index in [-0.39, 0.29) is 11.3 Å². The lowest BCUT2D eigenvalue weighted by atomic mass is 9.97. The Labute approximate surface area is 96.3 Å². The van der Waals surface area contributed by atoms with Crippen LogP contribution in [0.25, 0.3) is 0 Å². The summed E-state index contributed by atoms with van der Waals surface area (Å²) in [5.74, 6) is 0.271. The Bertz CT molecular complexity index is 373. The molecule has 0 aliphatic rings. The van der Waals surface area contributed by atoms with Gasteiger partial charge in [0.25, 0.3) is 5.91 Å². The molecule has 0 atom stereocenters. The lowest BCUT2D eigenvalue weighted by molar-refractivity contribution is 0.0939. The first kappa shape index (κ1) is 12.5. The third-order valence-electron chi connectivity index (χ3n) is 2.01. The van der Waals surface area contributed by atoms with Crippen molar-refractivity contribution in [3.63, 3.8) is 0 Å². The van der Waals surface area contributed by atoms with E-state index in [1.807, 2.05) is 6.92 Å². The number of nitrogens with zero attached hydrogens (tertiary/aromatic N) is 1. The molecule has 1 aromatic rings. The van der Waals surface area contributed by atoms with Crippen molar-refractivity contribution in [3.05, 3.63) is 23.4 Å². The number of anilines is 1. The molecule has 0 aliphatic heterocycles. The highest BCUT2D eigenvalue weighted by Crippen LogP contribution is 2.12. The third-order valence-corrected chi connectivity index (χ3v) is 2.01. The molecule has 1 rings (SSSR count). The average molecular weight is 221 g/mol. The molecule has 0 saturated heterocycles. The maximum Gasteiger partial charge on any atom is 0.251 e. The van der Waals surface area contributed by atoms with Crippen molar-refractivity contribution in [1.82, 2.24) is 10.3 Å². The lowest BCUT2D eigenvalue weighted by Gasteiger charge is -2.18. The predicted octanol–water partition coefficient (Wildman–Crippen LogP) is 1.75. The summed E-state index contributed by atoms with van der Waals surface area (Å²) in [6.45, 7) is 8.66. The second kappa shape index (κ2) is 4.51. The number of hydrogen-bond acceptors (Lipinski definition) is 3. The van der Waals surface area contributed by atoms with Gasteiger partial charge in [-0.3, -0.25) is 4.79 Å². The quantitative estimate of drug-likeness (QED) is 0.799. The molecule has 3 N–H and O–H groups in total. The zero-order valence-corrected chi connectivity index (χ0v) is 10.3. The normalized spacial score (nSPS) is 11.2. The summed E-state index contributed by atoms with van der Waals surface area (Å²) < 4.78 is 0. The fraction of sp³-hybridized carbons (Fsp3) is 0.500. The van der Waals surface area contributed by atoms with E-state index < -0.39 is 0 Å². The maximum absolute atomic E-state index is 11.8. The molecular weight excluding hydrogens is 202 g/mol. The molecule has 0 radical (unpaired) electrons. The van der Waals surface area contributed by atoms with Crippen molar-refractivity contribution in [1.29, 1.82) is 0 Å². The number of nitrogens with two attached hydrogens (primary N) is 1. The number of nitrogens with one attached hydrogen (secondary N) is 1. The largest absolute Gasteiger partial charge is 0.384 e. The van der Waals surface area contributed by atoms with E-state index in [0.717, 1.165) is 5.69 Å². The Balaban J connectivity index is 2.73. The van der Waals surface area contributed by atoms with Crippen molar-refractivity contribution in [2.45, 2.75) is 27.7 Å². The van der Waals surface area contributed by atoms with Gasteiger partial charge in [-0.05, 0) is 24.5 Å². The van der Waals surface area contributed by atoms with Crippen molar-refractivity contribution >= 4 is 11.7 Å². The van der Waals surface area contributed by atoms with Crippen LogP contribution in [0.5, 0.6) is 0 Å². The van der Waals surface area contributed by atoms with Crippen LogP contribution in [0.1, 0.15) is 36.8 Å². The van der Waals surface area contributed by atoms with E-state index in [0.29, 0.717) is 17.9 Å². The first-order valence-electron chi connectivity index (χ1n) is 5.30. The first-order valence-corrected chi connectivity index (χ1v) is 5.30. The van der Waals surface area contributed by atoms with Crippen molar-refractivity contribution in [3.8, 4) is 0 Å². The van der Waals surface area contributed by atoms with E-state index >= 15 is 0 Å². The molecule has 0 unspecified atom stereocenters. The summed E-state index contributed by atoms with van der Waals surface area (Å²) in [6.07, 6.45) is 0. The number of nitrogen functional groups attached to an aromatic ring is 1. The number of carbonyl (C=O) groups is 1. The van der Waals surface area contributed by atoms with Crippen LogP contribution in [-0.2, 0) is 0 Å². The maximum atomic E-state index is 11.8. The minimum absolute atomic E-state index is 0.0727. The summed E-state index contributed by atoms with van der Waals surface area (Å²) in [5, 5.41) is 2.87. The SMILES string of the molecule is Cc1cc(C(=O)NCC(C)(C)C)cc(N)n1. The highest BCUT2D eigenvalue weighted by atomic mass is 16.1. The predicted molar refractivity (Wildman–Crippen MR) is 65.2 cm³/mol. The summed E-state index contributed by atoms with van der Waals surface area (Å²) in [4.78, 5) is 15.8. The van der Waals surface area contributed by atoms with Gasteiger partial charge in [0.05, 0.1) is 0 Å². The molecule has 4 nitrogen and oxygen atoms in total. The molecule has 0 aromatic carbocycles. The summed E-state index contributed by atoms with van der Waals surface area (Å²) in [7, 11) is 0. The second-order valence-electron chi connectivity index (χ2n) is 5.17. The van der Waals surface area contributed by atoms with Crippen LogP contribution in [0.3, 0.4) is 0 Å². The van der Waals surface area contributed by atoms with Crippen LogP contribution < -0.4 is 11.1 Å². The molecule has 0 fully saturated rings. The van der Waals surface area contributed by atoms with Gasteiger partial charge in [-0.1, -0.05) is 20.8 Å². The Hall–Kier alpha value is -1.58. The number of rotatable bonds is 2.